The summed E-state index contributed by atoms with van der Waals surface area (Å²) in [4.78, 5) is 6.70. The van der Waals surface area contributed by atoms with Crippen LogP contribution < -0.4 is 10.6 Å². The molecule has 0 radical (unpaired) electrons. The molecule has 1 saturated heterocycles. The molecule has 0 aromatic rings. The summed E-state index contributed by atoms with van der Waals surface area (Å²) < 4.78 is 0. The quantitative estimate of drug-likeness (QED) is 0.604. The van der Waals surface area contributed by atoms with Gasteiger partial charge in [0, 0.05) is 38.6 Å². The molecule has 2 aliphatic heterocycles. The van der Waals surface area contributed by atoms with Gasteiger partial charge in [0.05, 0.1) is 0 Å². The molecular formula is C9H18N4. The molecule has 0 aliphatic carbocycles. The van der Waals surface area contributed by atoms with Gasteiger partial charge in [-0.3, -0.25) is 4.99 Å². The average molecular weight is 182 g/mol. The van der Waals surface area contributed by atoms with Gasteiger partial charge < -0.3 is 15.5 Å². The number of rotatable bonds is 2. The Hall–Kier alpha value is -0.770. The van der Waals surface area contributed by atoms with Crippen molar-refractivity contribution in [2.45, 2.75) is 6.42 Å². The van der Waals surface area contributed by atoms with E-state index in [4.69, 9.17) is 0 Å². The van der Waals surface area contributed by atoms with E-state index in [1.54, 1.807) is 0 Å². The molecule has 0 saturated carbocycles. The molecule has 0 bridgehead atoms. The highest BCUT2D eigenvalue weighted by Gasteiger charge is 2.22. The van der Waals surface area contributed by atoms with Crippen LogP contribution in [0.4, 0.5) is 0 Å². The molecule has 2 N–H and O–H groups in total. The Labute approximate surface area is 79.4 Å². The predicted octanol–water partition coefficient (Wildman–Crippen LogP) is -0.513. The number of likely N-dealkylation sites (tertiary alicyclic amines) is 1. The number of aliphatic imine (C=N–C) groups is 1. The van der Waals surface area contributed by atoms with E-state index in [1.165, 1.54) is 13.1 Å². The highest BCUT2D eigenvalue weighted by atomic mass is 15.2. The van der Waals surface area contributed by atoms with Crippen LogP contribution in [0.1, 0.15) is 6.42 Å². The molecule has 0 spiro atoms. The Morgan fingerprint density at radius 1 is 1.62 bits per heavy atom. The van der Waals surface area contributed by atoms with Crippen LogP contribution >= 0.6 is 0 Å². The van der Waals surface area contributed by atoms with Crippen molar-refractivity contribution in [3.8, 4) is 0 Å². The summed E-state index contributed by atoms with van der Waals surface area (Å²) in [6, 6.07) is 0. The monoisotopic (exact) mass is 182 g/mol. The number of nitrogens with one attached hydrogen (secondary N) is 2. The minimum atomic E-state index is 0.816. The zero-order chi connectivity index (χ0) is 9.10. The molecule has 2 rings (SSSR count). The van der Waals surface area contributed by atoms with E-state index in [0.29, 0.717) is 0 Å². The van der Waals surface area contributed by atoms with Gasteiger partial charge in [-0.25, -0.2) is 0 Å². The highest BCUT2D eigenvalue weighted by Crippen LogP contribution is 2.10. The SMILES string of the molecule is CN1CC(CNC2=NCCCN2)C1. The maximum Gasteiger partial charge on any atom is 0.191 e. The lowest BCUT2D eigenvalue weighted by atomic mass is 10.0. The minimum absolute atomic E-state index is 0.816. The van der Waals surface area contributed by atoms with E-state index in [1.807, 2.05) is 0 Å². The van der Waals surface area contributed by atoms with E-state index >= 15 is 0 Å². The number of hydrogen-bond donors (Lipinski definition) is 2. The van der Waals surface area contributed by atoms with Crippen LogP contribution in [-0.4, -0.2) is 50.6 Å². The van der Waals surface area contributed by atoms with Crippen LogP contribution in [0.3, 0.4) is 0 Å². The molecule has 1 fully saturated rings. The summed E-state index contributed by atoms with van der Waals surface area (Å²) in [5.74, 6) is 1.82. The maximum atomic E-state index is 4.36. The van der Waals surface area contributed by atoms with Gasteiger partial charge in [-0.2, -0.15) is 0 Å². The molecule has 0 atom stereocenters. The standard InChI is InChI=1S/C9H18N4/c1-13-6-8(7-13)5-12-9-10-3-2-4-11-9/h8H,2-7H2,1H3,(H2,10,11,12). The number of nitrogens with zero attached hydrogens (tertiary/aromatic N) is 2. The van der Waals surface area contributed by atoms with Crippen molar-refractivity contribution >= 4 is 5.96 Å². The van der Waals surface area contributed by atoms with E-state index in [-0.39, 0.29) is 0 Å². The summed E-state index contributed by atoms with van der Waals surface area (Å²) in [6.45, 7) is 5.55. The molecule has 0 aromatic carbocycles. The Kier molecular flexibility index (Phi) is 2.68. The van der Waals surface area contributed by atoms with Gasteiger partial charge in [-0.1, -0.05) is 0 Å². The van der Waals surface area contributed by atoms with Crippen molar-refractivity contribution < 1.29 is 0 Å². The Morgan fingerprint density at radius 3 is 3.08 bits per heavy atom. The Balaban J connectivity index is 1.64. The lowest BCUT2D eigenvalue weighted by Gasteiger charge is -2.36. The molecule has 4 nitrogen and oxygen atoms in total. The molecule has 2 heterocycles. The fourth-order valence-electron chi connectivity index (χ4n) is 1.85. The maximum absolute atomic E-state index is 4.36. The molecule has 2 aliphatic rings. The lowest BCUT2D eigenvalue weighted by Crippen LogP contribution is -2.51. The van der Waals surface area contributed by atoms with Gasteiger partial charge in [0.15, 0.2) is 5.96 Å². The molecule has 4 heteroatoms. The molecule has 0 aromatic heterocycles. The zero-order valence-corrected chi connectivity index (χ0v) is 8.21. The number of guanidine groups is 1. The molecular weight excluding hydrogens is 164 g/mol. The fraction of sp³-hybridized carbons (Fsp3) is 0.889. The first-order valence-electron chi connectivity index (χ1n) is 5.05. The second-order valence-corrected chi connectivity index (χ2v) is 3.98. The van der Waals surface area contributed by atoms with Gasteiger partial charge in [0.2, 0.25) is 0 Å². The summed E-state index contributed by atoms with van der Waals surface area (Å²) in [7, 11) is 2.16. The van der Waals surface area contributed by atoms with Crippen molar-refractivity contribution in [1.82, 2.24) is 15.5 Å². The summed E-state index contributed by atoms with van der Waals surface area (Å²) in [6.07, 6.45) is 1.16. The predicted molar refractivity (Wildman–Crippen MR) is 53.9 cm³/mol. The van der Waals surface area contributed by atoms with Crippen molar-refractivity contribution in [3.63, 3.8) is 0 Å². The van der Waals surface area contributed by atoms with Crippen molar-refractivity contribution in [1.29, 1.82) is 0 Å². The lowest BCUT2D eigenvalue weighted by molar-refractivity contribution is 0.137. The second-order valence-electron chi connectivity index (χ2n) is 3.98. The van der Waals surface area contributed by atoms with Gasteiger partial charge in [-0.15, -0.1) is 0 Å². The van der Waals surface area contributed by atoms with E-state index in [0.717, 1.165) is 37.9 Å². The Morgan fingerprint density at radius 2 is 2.46 bits per heavy atom. The average Bonchev–Trinajstić information content (AvgIpc) is 2.12. The van der Waals surface area contributed by atoms with Crippen molar-refractivity contribution in [3.05, 3.63) is 0 Å². The first-order valence-corrected chi connectivity index (χ1v) is 5.05. The first-order chi connectivity index (χ1) is 6.34. The first kappa shape index (κ1) is 8.81. The van der Waals surface area contributed by atoms with Crippen LogP contribution in [0, 0.1) is 5.92 Å². The highest BCUT2D eigenvalue weighted by molar-refractivity contribution is 5.80. The fourth-order valence-corrected chi connectivity index (χ4v) is 1.85. The zero-order valence-electron chi connectivity index (χ0n) is 8.21. The molecule has 74 valence electrons. The van der Waals surface area contributed by atoms with Gasteiger partial charge in [0.1, 0.15) is 0 Å². The topological polar surface area (TPSA) is 39.7 Å². The Bertz CT molecular complexity index is 196. The van der Waals surface area contributed by atoms with E-state index in [9.17, 15) is 0 Å². The van der Waals surface area contributed by atoms with Crippen molar-refractivity contribution in [2.24, 2.45) is 10.9 Å². The summed E-state index contributed by atoms with van der Waals surface area (Å²) >= 11 is 0. The van der Waals surface area contributed by atoms with Crippen LogP contribution in [0.2, 0.25) is 0 Å². The minimum Gasteiger partial charge on any atom is -0.356 e. The normalized spacial score (nSPS) is 24.5. The van der Waals surface area contributed by atoms with Gasteiger partial charge in [-0.05, 0) is 13.5 Å². The summed E-state index contributed by atoms with van der Waals surface area (Å²) in [5.41, 5.74) is 0. The largest absolute Gasteiger partial charge is 0.356 e. The van der Waals surface area contributed by atoms with Crippen LogP contribution in [0.25, 0.3) is 0 Å². The number of hydrogen-bond acceptors (Lipinski definition) is 4. The van der Waals surface area contributed by atoms with Gasteiger partial charge in [0.25, 0.3) is 0 Å². The second kappa shape index (κ2) is 3.96. The van der Waals surface area contributed by atoms with E-state index < -0.39 is 0 Å². The van der Waals surface area contributed by atoms with Crippen molar-refractivity contribution in [2.75, 3.05) is 39.8 Å². The third kappa shape index (κ3) is 2.34. The summed E-state index contributed by atoms with van der Waals surface area (Å²) in [5, 5.41) is 6.62. The van der Waals surface area contributed by atoms with Crippen LogP contribution in [0.15, 0.2) is 4.99 Å². The van der Waals surface area contributed by atoms with Gasteiger partial charge >= 0.3 is 0 Å². The molecule has 0 unspecified atom stereocenters. The smallest absolute Gasteiger partial charge is 0.191 e. The molecule has 0 amide bonds. The molecule has 13 heavy (non-hydrogen) atoms. The van der Waals surface area contributed by atoms with Crippen LogP contribution in [-0.2, 0) is 0 Å². The van der Waals surface area contributed by atoms with E-state index in [2.05, 4.69) is 27.6 Å². The third-order valence-electron chi connectivity index (χ3n) is 2.60. The van der Waals surface area contributed by atoms with Crippen LogP contribution in [0.5, 0.6) is 0 Å². The third-order valence-corrected chi connectivity index (χ3v) is 2.60.